The molecule has 0 saturated heterocycles. The topological polar surface area (TPSA) is 51.0 Å². The lowest BCUT2D eigenvalue weighted by atomic mass is 10.3. The zero-order valence-electron chi connectivity index (χ0n) is 9.10. The molecule has 4 nitrogen and oxygen atoms in total. The van der Waals surface area contributed by atoms with E-state index < -0.39 is 18.0 Å². The highest BCUT2D eigenvalue weighted by Gasteiger charge is 2.62. The molecular formula is C9H10F5N3O. The van der Waals surface area contributed by atoms with E-state index in [2.05, 4.69) is 19.9 Å². The Morgan fingerprint density at radius 3 is 2.39 bits per heavy atom. The first-order valence-electron chi connectivity index (χ1n) is 5.31. The van der Waals surface area contributed by atoms with Crippen molar-refractivity contribution in [2.75, 3.05) is 6.54 Å². The van der Waals surface area contributed by atoms with Crippen molar-refractivity contribution >= 4 is 0 Å². The summed E-state index contributed by atoms with van der Waals surface area (Å²) in [5, 5.41) is 8.98. The van der Waals surface area contributed by atoms with E-state index in [9.17, 15) is 22.0 Å². The van der Waals surface area contributed by atoms with Crippen molar-refractivity contribution in [1.82, 2.24) is 15.5 Å². The first kappa shape index (κ1) is 13.2. The molecule has 1 aliphatic carbocycles. The molecular weight excluding hydrogens is 261 g/mol. The number of hydrogen-bond donors (Lipinski definition) is 1. The summed E-state index contributed by atoms with van der Waals surface area (Å²) in [6.45, 7) is 0.407. The van der Waals surface area contributed by atoms with Crippen molar-refractivity contribution in [3.05, 3.63) is 11.8 Å². The molecule has 0 spiro atoms. The van der Waals surface area contributed by atoms with Crippen LogP contribution in [0.15, 0.2) is 4.42 Å². The summed E-state index contributed by atoms with van der Waals surface area (Å²) in [6, 6.07) is 0.406. The summed E-state index contributed by atoms with van der Waals surface area (Å²) < 4.78 is 66.0. The van der Waals surface area contributed by atoms with E-state index in [0.717, 1.165) is 12.8 Å². The van der Waals surface area contributed by atoms with Gasteiger partial charge in [0, 0.05) is 19.0 Å². The zero-order chi connectivity index (χ0) is 13.4. The predicted molar refractivity (Wildman–Crippen MR) is 49.0 cm³/mol. The van der Waals surface area contributed by atoms with Crippen LogP contribution in [0.3, 0.4) is 0 Å². The van der Waals surface area contributed by atoms with Crippen LogP contribution in [-0.4, -0.2) is 29.0 Å². The summed E-state index contributed by atoms with van der Waals surface area (Å²) in [5.74, 6) is -7.05. The molecule has 0 aromatic carbocycles. The van der Waals surface area contributed by atoms with Crippen molar-refractivity contribution in [3.8, 4) is 0 Å². The molecule has 1 aromatic rings. The van der Waals surface area contributed by atoms with E-state index in [-0.39, 0.29) is 12.3 Å². The smallest absolute Gasteiger partial charge is 0.419 e. The third kappa shape index (κ3) is 2.77. The summed E-state index contributed by atoms with van der Waals surface area (Å²) in [6.07, 6.45) is -3.52. The monoisotopic (exact) mass is 271 g/mol. The zero-order valence-corrected chi connectivity index (χ0v) is 9.10. The Balaban J connectivity index is 1.95. The van der Waals surface area contributed by atoms with E-state index in [1.54, 1.807) is 0 Å². The molecule has 1 fully saturated rings. The van der Waals surface area contributed by atoms with Crippen LogP contribution < -0.4 is 5.32 Å². The molecule has 0 unspecified atom stereocenters. The number of hydrogen-bond acceptors (Lipinski definition) is 4. The molecule has 18 heavy (non-hydrogen) atoms. The van der Waals surface area contributed by atoms with Gasteiger partial charge in [0.05, 0.1) is 0 Å². The van der Waals surface area contributed by atoms with Gasteiger partial charge in [-0.05, 0) is 12.8 Å². The number of nitrogens with one attached hydrogen (secondary N) is 1. The van der Waals surface area contributed by atoms with Gasteiger partial charge in [0.2, 0.25) is 5.89 Å². The van der Waals surface area contributed by atoms with Gasteiger partial charge in [0.15, 0.2) is 0 Å². The van der Waals surface area contributed by atoms with Gasteiger partial charge in [-0.1, -0.05) is 0 Å². The molecule has 1 N–H and O–H groups in total. The maximum Gasteiger partial charge on any atom is 0.463 e. The van der Waals surface area contributed by atoms with Crippen LogP contribution >= 0.6 is 0 Å². The van der Waals surface area contributed by atoms with Crippen molar-refractivity contribution in [2.24, 2.45) is 0 Å². The van der Waals surface area contributed by atoms with Crippen molar-refractivity contribution in [1.29, 1.82) is 0 Å². The minimum absolute atomic E-state index is 0.122. The number of alkyl halides is 5. The molecule has 0 aliphatic heterocycles. The third-order valence-electron chi connectivity index (χ3n) is 2.44. The number of halogens is 5. The Bertz CT molecular complexity index is 413. The van der Waals surface area contributed by atoms with Gasteiger partial charge in [-0.25, -0.2) is 0 Å². The number of aromatic nitrogens is 2. The minimum atomic E-state index is -5.73. The van der Waals surface area contributed by atoms with Gasteiger partial charge in [-0.2, -0.15) is 22.0 Å². The fraction of sp³-hybridized carbons (Fsp3) is 0.778. The first-order chi connectivity index (χ1) is 8.30. The second-order valence-corrected chi connectivity index (χ2v) is 4.05. The molecule has 1 aliphatic rings. The molecule has 0 bridgehead atoms. The average molecular weight is 271 g/mol. The van der Waals surface area contributed by atoms with Gasteiger partial charge in [-0.3, -0.25) is 0 Å². The third-order valence-corrected chi connectivity index (χ3v) is 2.44. The molecule has 102 valence electrons. The standard InChI is InChI=1S/C9H10F5N3O/c10-8(11,9(12,13)14)7-17-16-6(18-7)3-4-15-5-1-2-5/h5,15H,1-4H2. The maximum absolute atomic E-state index is 12.8. The lowest BCUT2D eigenvalue weighted by Crippen LogP contribution is -2.34. The lowest BCUT2D eigenvalue weighted by Gasteiger charge is -2.14. The van der Waals surface area contributed by atoms with Gasteiger partial charge in [0.1, 0.15) is 0 Å². The van der Waals surface area contributed by atoms with E-state index >= 15 is 0 Å². The molecule has 1 aromatic heterocycles. The number of nitrogens with zero attached hydrogens (tertiary/aromatic N) is 2. The van der Waals surface area contributed by atoms with Crippen LogP contribution in [-0.2, 0) is 12.3 Å². The quantitative estimate of drug-likeness (QED) is 0.832. The Hall–Kier alpha value is -1.25. The molecule has 0 amide bonds. The predicted octanol–water partition coefficient (Wildman–Crippen LogP) is 2.02. The van der Waals surface area contributed by atoms with Crippen molar-refractivity contribution in [2.45, 2.75) is 37.4 Å². The highest BCUT2D eigenvalue weighted by Crippen LogP contribution is 2.43. The molecule has 9 heteroatoms. The van der Waals surface area contributed by atoms with Gasteiger partial charge >= 0.3 is 12.1 Å². The maximum atomic E-state index is 12.8. The molecule has 0 radical (unpaired) electrons. The van der Waals surface area contributed by atoms with Crippen LogP contribution in [0.4, 0.5) is 22.0 Å². The Morgan fingerprint density at radius 2 is 1.83 bits per heavy atom. The van der Waals surface area contributed by atoms with E-state index in [0.29, 0.717) is 12.6 Å². The van der Waals surface area contributed by atoms with Crippen LogP contribution in [0.2, 0.25) is 0 Å². The van der Waals surface area contributed by atoms with E-state index in [4.69, 9.17) is 0 Å². The summed E-state index contributed by atoms with van der Waals surface area (Å²) in [7, 11) is 0. The molecule has 2 rings (SSSR count). The molecule has 0 atom stereocenters. The fourth-order valence-corrected chi connectivity index (χ4v) is 1.27. The highest BCUT2D eigenvalue weighted by atomic mass is 19.4. The van der Waals surface area contributed by atoms with Gasteiger partial charge < -0.3 is 9.73 Å². The summed E-state index contributed by atoms with van der Waals surface area (Å²) >= 11 is 0. The number of rotatable bonds is 5. The van der Waals surface area contributed by atoms with Gasteiger partial charge in [0.25, 0.3) is 5.89 Å². The van der Waals surface area contributed by atoms with Crippen molar-refractivity contribution in [3.63, 3.8) is 0 Å². The summed E-state index contributed by atoms with van der Waals surface area (Å²) in [4.78, 5) is 0. The Kier molecular flexibility index (Phi) is 3.26. The normalized spacial score (nSPS) is 17.2. The minimum Gasteiger partial charge on any atom is -0.419 e. The Labute approximate surface area is 98.6 Å². The Morgan fingerprint density at radius 1 is 1.17 bits per heavy atom. The van der Waals surface area contributed by atoms with Gasteiger partial charge in [-0.15, -0.1) is 10.2 Å². The SMILES string of the molecule is FC(F)(F)C(F)(F)c1nnc(CCNC2CC2)o1. The highest BCUT2D eigenvalue weighted by molar-refractivity contribution is 4.96. The van der Waals surface area contributed by atoms with Crippen LogP contribution in [0, 0.1) is 0 Å². The van der Waals surface area contributed by atoms with Crippen molar-refractivity contribution < 1.29 is 26.4 Å². The molecule has 1 saturated carbocycles. The van der Waals surface area contributed by atoms with Crippen LogP contribution in [0.25, 0.3) is 0 Å². The second-order valence-electron chi connectivity index (χ2n) is 4.05. The fourth-order valence-electron chi connectivity index (χ4n) is 1.27. The first-order valence-corrected chi connectivity index (χ1v) is 5.31. The van der Waals surface area contributed by atoms with Crippen LogP contribution in [0.5, 0.6) is 0 Å². The molecule has 1 heterocycles. The lowest BCUT2D eigenvalue weighted by molar-refractivity contribution is -0.297. The second kappa shape index (κ2) is 4.45. The average Bonchev–Trinajstić information content (AvgIpc) is 2.93. The van der Waals surface area contributed by atoms with E-state index in [1.165, 1.54) is 0 Å². The largest absolute Gasteiger partial charge is 0.463 e. The van der Waals surface area contributed by atoms with Crippen LogP contribution in [0.1, 0.15) is 24.6 Å². The van der Waals surface area contributed by atoms with E-state index in [1.807, 2.05) is 0 Å². The summed E-state index contributed by atoms with van der Waals surface area (Å²) in [5.41, 5.74) is 0.